The van der Waals surface area contributed by atoms with Crippen LogP contribution < -0.4 is 0 Å². The van der Waals surface area contributed by atoms with Crippen molar-refractivity contribution in [1.29, 1.82) is 0 Å². The molecule has 2 unspecified atom stereocenters. The van der Waals surface area contributed by atoms with Gasteiger partial charge in [-0.3, -0.25) is 10.1 Å². The Bertz CT molecular complexity index is 407. The zero-order valence-corrected chi connectivity index (χ0v) is 9.41. The molecule has 0 aliphatic rings. The molecule has 0 amide bonds. The predicted octanol–water partition coefficient (Wildman–Crippen LogP) is 1.09. The largest absolute Gasteiger partial charge is 0.504 e. The minimum absolute atomic E-state index is 0.229. The third-order valence-electron chi connectivity index (χ3n) is 2.77. The fourth-order valence-corrected chi connectivity index (χ4v) is 1.72. The normalized spacial score (nSPS) is 14.2. The van der Waals surface area contributed by atoms with Crippen LogP contribution in [0.1, 0.15) is 18.4 Å². The molecule has 0 aliphatic heterocycles. The van der Waals surface area contributed by atoms with Crippen LogP contribution in [0.2, 0.25) is 0 Å². The van der Waals surface area contributed by atoms with Gasteiger partial charge in [0.05, 0.1) is 5.92 Å². The van der Waals surface area contributed by atoms with E-state index in [1.54, 1.807) is 6.92 Å². The highest BCUT2D eigenvalue weighted by Gasteiger charge is 2.27. The predicted molar refractivity (Wildman–Crippen MR) is 60.6 cm³/mol. The Balaban J connectivity index is 3.12. The van der Waals surface area contributed by atoms with Gasteiger partial charge in [-0.25, -0.2) is 0 Å². The number of aliphatic hydroxyl groups excluding tert-OH is 1. The molecule has 0 bridgehead atoms. The summed E-state index contributed by atoms with van der Waals surface area (Å²) in [4.78, 5) is 10.1. The Kier molecular flexibility index (Phi) is 4.28. The summed E-state index contributed by atoms with van der Waals surface area (Å²) in [6.45, 7) is 1.02. The standard InChI is InChI=1S/C11H15NO5/c1-7(6-13)9(5-12(16)17)8-3-2-4-10(14)11(8)15/h2-4,7,9,13-15H,5-6H2,1H3. The third kappa shape index (κ3) is 3.07. The summed E-state index contributed by atoms with van der Waals surface area (Å²) >= 11 is 0. The van der Waals surface area contributed by atoms with Crippen molar-refractivity contribution >= 4 is 0 Å². The van der Waals surface area contributed by atoms with Crippen molar-refractivity contribution in [2.24, 2.45) is 5.92 Å². The van der Waals surface area contributed by atoms with E-state index in [4.69, 9.17) is 5.11 Å². The van der Waals surface area contributed by atoms with Gasteiger partial charge in [0.2, 0.25) is 6.54 Å². The molecule has 2 atom stereocenters. The van der Waals surface area contributed by atoms with E-state index in [1.807, 2.05) is 0 Å². The molecule has 0 saturated heterocycles. The van der Waals surface area contributed by atoms with E-state index in [2.05, 4.69) is 0 Å². The van der Waals surface area contributed by atoms with Gasteiger partial charge in [0.25, 0.3) is 0 Å². The maximum absolute atomic E-state index is 10.6. The van der Waals surface area contributed by atoms with Crippen LogP contribution in [-0.2, 0) is 0 Å². The summed E-state index contributed by atoms with van der Waals surface area (Å²) in [7, 11) is 0. The van der Waals surface area contributed by atoms with Gasteiger partial charge >= 0.3 is 0 Å². The summed E-state index contributed by atoms with van der Waals surface area (Å²) in [5.74, 6) is -1.70. The number of aromatic hydroxyl groups is 2. The second kappa shape index (κ2) is 5.49. The lowest BCUT2D eigenvalue weighted by Gasteiger charge is -2.20. The van der Waals surface area contributed by atoms with Crippen molar-refractivity contribution < 1.29 is 20.2 Å². The first-order chi connectivity index (χ1) is 7.97. The molecule has 0 aliphatic carbocycles. The van der Waals surface area contributed by atoms with Crippen LogP contribution >= 0.6 is 0 Å². The van der Waals surface area contributed by atoms with E-state index in [0.29, 0.717) is 0 Å². The van der Waals surface area contributed by atoms with Crippen LogP contribution in [-0.4, -0.2) is 33.4 Å². The van der Waals surface area contributed by atoms with E-state index in [9.17, 15) is 20.3 Å². The third-order valence-corrected chi connectivity index (χ3v) is 2.77. The number of nitro groups is 1. The number of nitrogens with zero attached hydrogens (tertiary/aromatic N) is 1. The molecule has 3 N–H and O–H groups in total. The minimum atomic E-state index is -0.637. The number of hydrogen-bond acceptors (Lipinski definition) is 5. The Labute approximate surface area is 98.3 Å². The lowest BCUT2D eigenvalue weighted by molar-refractivity contribution is -0.485. The van der Waals surface area contributed by atoms with Crippen molar-refractivity contribution in [2.45, 2.75) is 12.8 Å². The molecule has 6 nitrogen and oxygen atoms in total. The molecule has 1 aromatic rings. The van der Waals surface area contributed by atoms with Crippen molar-refractivity contribution in [3.05, 3.63) is 33.9 Å². The number of aliphatic hydroxyl groups is 1. The van der Waals surface area contributed by atoms with Crippen LogP contribution in [0.15, 0.2) is 18.2 Å². The number of para-hydroxylation sites is 1. The highest BCUT2D eigenvalue weighted by atomic mass is 16.6. The number of hydrogen-bond donors (Lipinski definition) is 3. The molecular weight excluding hydrogens is 226 g/mol. The molecule has 1 rings (SSSR count). The van der Waals surface area contributed by atoms with E-state index in [0.717, 1.165) is 0 Å². The van der Waals surface area contributed by atoms with Gasteiger partial charge in [0, 0.05) is 17.1 Å². The summed E-state index contributed by atoms with van der Waals surface area (Å²) in [6.07, 6.45) is 0. The van der Waals surface area contributed by atoms with E-state index >= 15 is 0 Å². The average molecular weight is 241 g/mol. The SMILES string of the molecule is CC(CO)C(C[N+](=O)[O-])c1cccc(O)c1O. The number of rotatable bonds is 5. The average Bonchev–Trinajstić information content (AvgIpc) is 2.29. The van der Waals surface area contributed by atoms with Crippen LogP contribution in [0.4, 0.5) is 0 Å². The Hall–Kier alpha value is -1.82. The fraction of sp³-hybridized carbons (Fsp3) is 0.455. The minimum Gasteiger partial charge on any atom is -0.504 e. The topological polar surface area (TPSA) is 104 Å². The molecular formula is C11H15NO5. The quantitative estimate of drug-likeness (QED) is 0.406. The van der Waals surface area contributed by atoms with Crippen molar-refractivity contribution in [1.82, 2.24) is 0 Å². The van der Waals surface area contributed by atoms with Crippen molar-refractivity contribution in [3.8, 4) is 11.5 Å². The fourth-order valence-electron chi connectivity index (χ4n) is 1.72. The highest BCUT2D eigenvalue weighted by molar-refractivity contribution is 5.46. The molecule has 0 saturated carbocycles. The van der Waals surface area contributed by atoms with Gasteiger partial charge in [0.1, 0.15) is 0 Å². The summed E-state index contributed by atoms with van der Waals surface area (Å²) in [6, 6.07) is 4.31. The van der Waals surface area contributed by atoms with Crippen LogP contribution in [0.25, 0.3) is 0 Å². The van der Waals surface area contributed by atoms with Crippen LogP contribution in [0.5, 0.6) is 11.5 Å². The summed E-state index contributed by atoms with van der Waals surface area (Å²) < 4.78 is 0. The molecule has 0 spiro atoms. The molecule has 6 heteroatoms. The van der Waals surface area contributed by atoms with Gasteiger partial charge < -0.3 is 15.3 Å². The maximum atomic E-state index is 10.6. The van der Waals surface area contributed by atoms with Gasteiger partial charge in [-0.15, -0.1) is 0 Å². The van der Waals surface area contributed by atoms with Gasteiger partial charge in [-0.1, -0.05) is 19.1 Å². The van der Waals surface area contributed by atoms with Crippen LogP contribution in [0, 0.1) is 16.0 Å². The molecule has 0 fully saturated rings. The van der Waals surface area contributed by atoms with E-state index < -0.39 is 17.4 Å². The van der Waals surface area contributed by atoms with Gasteiger partial charge in [-0.2, -0.15) is 0 Å². The smallest absolute Gasteiger partial charge is 0.211 e. The second-order valence-electron chi connectivity index (χ2n) is 4.00. The number of benzene rings is 1. The number of phenols is 2. The first-order valence-electron chi connectivity index (χ1n) is 5.20. The van der Waals surface area contributed by atoms with Gasteiger partial charge in [0.15, 0.2) is 11.5 Å². The highest BCUT2D eigenvalue weighted by Crippen LogP contribution is 2.36. The first kappa shape index (κ1) is 13.2. The lowest BCUT2D eigenvalue weighted by Crippen LogP contribution is -2.22. The summed E-state index contributed by atoms with van der Waals surface area (Å²) in [5.41, 5.74) is 0.281. The Morgan fingerprint density at radius 2 is 2.06 bits per heavy atom. The van der Waals surface area contributed by atoms with E-state index in [-0.39, 0.29) is 29.6 Å². The molecule has 1 aromatic carbocycles. The van der Waals surface area contributed by atoms with Gasteiger partial charge in [-0.05, 0) is 12.0 Å². The second-order valence-corrected chi connectivity index (χ2v) is 4.00. The molecule has 94 valence electrons. The number of phenolic OH excluding ortho intramolecular Hbond substituents is 2. The maximum Gasteiger partial charge on any atom is 0.211 e. The van der Waals surface area contributed by atoms with Crippen molar-refractivity contribution in [2.75, 3.05) is 13.2 Å². The Morgan fingerprint density at radius 3 is 2.59 bits per heavy atom. The van der Waals surface area contributed by atoms with E-state index in [1.165, 1.54) is 18.2 Å². The molecule has 0 radical (unpaired) electrons. The first-order valence-corrected chi connectivity index (χ1v) is 5.20. The summed E-state index contributed by atoms with van der Waals surface area (Å²) in [5, 5.41) is 38.7. The Morgan fingerprint density at radius 1 is 1.41 bits per heavy atom. The van der Waals surface area contributed by atoms with Crippen LogP contribution in [0.3, 0.4) is 0 Å². The molecule has 0 aromatic heterocycles. The lowest BCUT2D eigenvalue weighted by atomic mass is 9.87. The monoisotopic (exact) mass is 241 g/mol. The zero-order valence-electron chi connectivity index (χ0n) is 9.41. The zero-order chi connectivity index (χ0) is 13.0. The van der Waals surface area contributed by atoms with Crippen molar-refractivity contribution in [3.63, 3.8) is 0 Å². The molecule has 17 heavy (non-hydrogen) atoms. The molecule has 0 heterocycles.